The highest BCUT2D eigenvalue weighted by atomic mass is 15.2. The minimum atomic E-state index is 0.809. The normalized spacial score (nSPS) is 25.8. The summed E-state index contributed by atoms with van der Waals surface area (Å²) in [6.45, 7) is 4.92. The van der Waals surface area contributed by atoms with Gasteiger partial charge in [-0.05, 0) is 62.4 Å². The number of benzene rings is 1. The topological polar surface area (TPSA) is 3.24 Å². The summed E-state index contributed by atoms with van der Waals surface area (Å²) in [5.74, 6) is 0. The Morgan fingerprint density at radius 1 is 1.13 bits per heavy atom. The first-order valence-electron chi connectivity index (χ1n) is 6.16. The number of aryl methyl sites for hydroxylation is 1. The van der Waals surface area contributed by atoms with Crippen LogP contribution in [0.25, 0.3) is 0 Å². The van der Waals surface area contributed by atoms with Crippen LogP contribution in [0.3, 0.4) is 0 Å². The molecule has 3 rings (SSSR count). The predicted octanol–water partition coefficient (Wildman–Crippen LogP) is 2.56. The molecule has 1 aliphatic heterocycles. The zero-order chi connectivity index (χ0) is 10.3. The first kappa shape index (κ1) is 9.41. The van der Waals surface area contributed by atoms with Crippen LogP contribution in [0.1, 0.15) is 29.5 Å². The Kier molecular flexibility index (Phi) is 2.28. The van der Waals surface area contributed by atoms with Crippen LogP contribution in [0.5, 0.6) is 0 Å². The van der Waals surface area contributed by atoms with E-state index >= 15 is 0 Å². The summed E-state index contributed by atoms with van der Waals surface area (Å²) in [6.07, 6.45) is 5.40. The Morgan fingerprint density at radius 3 is 2.67 bits per heavy atom. The molecule has 1 aliphatic carbocycles. The molecule has 2 aliphatic rings. The minimum Gasteiger partial charge on any atom is -0.300 e. The van der Waals surface area contributed by atoms with Gasteiger partial charge >= 0.3 is 0 Å². The van der Waals surface area contributed by atoms with E-state index in [1.807, 2.05) is 0 Å². The number of fused-ring (bicyclic) bond motifs is 1. The van der Waals surface area contributed by atoms with E-state index in [4.69, 9.17) is 0 Å². The average molecular weight is 201 g/mol. The largest absolute Gasteiger partial charge is 0.300 e. The lowest BCUT2D eigenvalue weighted by atomic mass is 10.1. The van der Waals surface area contributed by atoms with Crippen molar-refractivity contribution in [2.75, 3.05) is 13.1 Å². The molecule has 0 bridgehead atoms. The summed E-state index contributed by atoms with van der Waals surface area (Å²) >= 11 is 0. The number of nitrogens with zero attached hydrogens (tertiary/aromatic N) is 1. The molecule has 1 heterocycles. The van der Waals surface area contributed by atoms with Crippen molar-refractivity contribution in [1.29, 1.82) is 0 Å². The summed E-state index contributed by atoms with van der Waals surface area (Å²) < 4.78 is 0. The second-order valence-electron chi connectivity index (χ2n) is 5.02. The molecule has 1 nitrogen and oxygen atoms in total. The summed E-state index contributed by atoms with van der Waals surface area (Å²) in [5.41, 5.74) is 4.73. The standard InChI is InChI=1S/C14H19N/c1-11-5-4-6-12-9-13(10-14(11)12)15-7-2-3-8-15/h4-6,13H,2-3,7-10H2,1H3. The van der Waals surface area contributed by atoms with Crippen LogP contribution < -0.4 is 0 Å². The van der Waals surface area contributed by atoms with E-state index in [1.165, 1.54) is 44.3 Å². The molecule has 0 amide bonds. The fraction of sp³-hybridized carbons (Fsp3) is 0.571. The molecule has 15 heavy (non-hydrogen) atoms. The van der Waals surface area contributed by atoms with Gasteiger partial charge in [0.1, 0.15) is 0 Å². The second-order valence-corrected chi connectivity index (χ2v) is 5.02. The third-order valence-electron chi connectivity index (χ3n) is 4.06. The Hall–Kier alpha value is -0.820. The van der Waals surface area contributed by atoms with Crippen LogP contribution in [0.4, 0.5) is 0 Å². The molecule has 1 saturated heterocycles. The molecule has 1 atom stereocenters. The van der Waals surface area contributed by atoms with Gasteiger partial charge in [0.25, 0.3) is 0 Å². The van der Waals surface area contributed by atoms with E-state index in [0.29, 0.717) is 0 Å². The van der Waals surface area contributed by atoms with Crippen molar-refractivity contribution >= 4 is 0 Å². The highest BCUT2D eigenvalue weighted by Crippen LogP contribution is 2.29. The Bertz CT molecular complexity index is 364. The van der Waals surface area contributed by atoms with Gasteiger partial charge in [-0.25, -0.2) is 0 Å². The van der Waals surface area contributed by atoms with Crippen LogP contribution in [-0.4, -0.2) is 24.0 Å². The lowest BCUT2D eigenvalue weighted by Crippen LogP contribution is -2.33. The van der Waals surface area contributed by atoms with Crippen LogP contribution in [0.15, 0.2) is 18.2 Å². The minimum absolute atomic E-state index is 0.809. The van der Waals surface area contributed by atoms with Gasteiger partial charge in [-0.15, -0.1) is 0 Å². The molecular weight excluding hydrogens is 182 g/mol. The summed E-state index contributed by atoms with van der Waals surface area (Å²) in [7, 11) is 0. The van der Waals surface area contributed by atoms with Crippen LogP contribution in [0.2, 0.25) is 0 Å². The summed E-state index contributed by atoms with van der Waals surface area (Å²) in [4.78, 5) is 2.69. The molecule has 80 valence electrons. The van der Waals surface area contributed by atoms with E-state index in [1.54, 1.807) is 11.1 Å². The molecule has 1 aromatic carbocycles. The van der Waals surface area contributed by atoms with Gasteiger partial charge in [0.15, 0.2) is 0 Å². The summed E-state index contributed by atoms with van der Waals surface area (Å²) in [5, 5.41) is 0. The van der Waals surface area contributed by atoms with E-state index in [0.717, 1.165) is 6.04 Å². The smallest absolute Gasteiger partial charge is 0.0176 e. The monoisotopic (exact) mass is 201 g/mol. The number of hydrogen-bond donors (Lipinski definition) is 0. The first-order valence-corrected chi connectivity index (χ1v) is 6.16. The Morgan fingerprint density at radius 2 is 1.93 bits per heavy atom. The number of hydrogen-bond acceptors (Lipinski definition) is 1. The van der Waals surface area contributed by atoms with E-state index < -0.39 is 0 Å². The van der Waals surface area contributed by atoms with Gasteiger partial charge in [0.05, 0.1) is 0 Å². The molecule has 1 fully saturated rings. The lowest BCUT2D eigenvalue weighted by molar-refractivity contribution is 0.250. The average Bonchev–Trinajstić information content (AvgIpc) is 2.86. The van der Waals surface area contributed by atoms with Gasteiger partial charge in [0, 0.05) is 6.04 Å². The summed E-state index contributed by atoms with van der Waals surface area (Å²) in [6, 6.07) is 7.59. The van der Waals surface area contributed by atoms with Crippen molar-refractivity contribution in [3.63, 3.8) is 0 Å². The maximum atomic E-state index is 2.69. The van der Waals surface area contributed by atoms with Crippen molar-refractivity contribution in [3.8, 4) is 0 Å². The highest BCUT2D eigenvalue weighted by molar-refractivity contribution is 5.39. The van der Waals surface area contributed by atoms with Gasteiger partial charge in [0.2, 0.25) is 0 Å². The van der Waals surface area contributed by atoms with Crippen molar-refractivity contribution in [1.82, 2.24) is 4.90 Å². The zero-order valence-corrected chi connectivity index (χ0v) is 9.50. The van der Waals surface area contributed by atoms with Crippen molar-refractivity contribution in [3.05, 3.63) is 34.9 Å². The Labute approximate surface area is 92.1 Å². The quantitative estimate of drug-likeness (QED) is 0.675. The van der Waals surface area contributed by atoms with Gasteiger partial charge < -0.3 is 0 Å². The number of likely N-dealkylation sites (tertiary alicyclic amines) is 1. The fourth-order valence-electron chi connectivity index (χ4n) is 3.17. The maximum Gasteiger partial charge on any atom is 0.0176 e. The molecule has 0 saturated carbocycles. The zero-order valence-electron chi connectivity index (χ0n) is 9.50. The van der Waals surface area contributed by atoms with Crippen molar-refractivity contribution in [2.24, 2.45) is 0 Å². The van der Waals surface area contributed by atoms with Gasteiger partial charge in [-0.2, -0.15) is 0 Å². The van der Waals surface area contributed by atoms with Crippen LogP contribution in [-0.2, 0) is 12.8 Å². The maximum absolute atomic E-state index is 2.69. The Balaban J connectivity index is 1.82. The van der Waals surface area contributed by atoms with E-state index in [-0.39, 0.29) is 0 Å². The third-order valence-corrected chi connectivity index (χ3v) is 4.06. The van der Waals surface area contributed by atoms with Crippen molar-refractivity contribution < 1.29 is 0 Å². The molecule has 0 spiro atoms. The van der Waals surface area contributed by atoms with E-state index in [9.17, 15) is 0 Å². The highest BCUT2D eigenvalue weighted by Gasteiger charge is 2.28. The second kappa shape index (κ2) is 3.64. The van der Waals surface area contributed by atoms with Gasteiger partial charge in [-0.3, -0.25) is 4.90 Å². The SMILES string of the molecule is Cc1cccc2c1CC(N1CCCC1)C2. The molecule has 0 N–H and O–H groups in total. The third kappa shape index (κ3) is 1.59. The lowest BCUT2D eigenvalue weighted by Gasteiger charge is -2.22. The van der Waals surface area contributed by atoms with Gasteiger partial charge in [-0.1, -0.05) is 18.2 Å². The molecule has 1 heteroatoms. The molecule has 1 unspecified atom stereocenters. The molecular formula is C14H19N. The van der Waals surface area contributed by atoms with E-state index in [2.05, 4.69) is 30.0 Å². The molecule has 0 radical (unpaired) electrons. The van der Waals surface area contributed by atoms with Crippen LogP contribution in [0, 0.1) is 6.92 Å². The molecule has 1 aromatic rings. The fourth-order valence-corrected chi connectivity index (χ4v) is 3.17. The van der Waals surface area contributed by atoms with Crippen LogP contribution >= 0.6 is 0 Å². The number of rotatable bonds is 1. The van der Waals surface area contributed by atoms with Crippen molar-refractivity contribution in [2.45, 2.75) is 38.6 Å². The first-order chi connectivity index (χ1) is 7.34. The predicted molar refractivity (Wildman–Crippen MR) is 63.2 cm³/mol. The molecule has 0 aromatic heterocycles.